The van der Waals surface area contributed by atoms with E-state index >= 15 is 0 Å². The topological polar surface area (TPSA) is 203 Å². The summed E-state index contributed by atoms with van der Waals surface area (Å²) < 4.78 is 38.3. The predicted octanol–water partition coefficient (Wildman–Crippen LogP) is -0.258. The fourth-order valence-corrected chi connectivity index (χ4v) is 3.09. The fraction of sp³-hybridized carbons (Fsp3) is 0.350. The molecule has 2 heterocycles. The summed E-state index contributed by atoms with van der Waals surface area (Å²) >= 11 is 0. The lowest BCUT2D eigenvalue weighted by Gasteiger charge is -2.35. The van der Waals surface area contributed by atoms with Crippen LogP contribution in [0.25, 0.3) is 0 Å². The smallest absolute Gasteiger partial charge is 0.326 e. The summed E-state index contributed by atoms with van der Waals surface area (Å²) in [6.45, 7) is 0.775. The molecular weight excluding hydrogens is 434 g/mol. The Bertz CT molecular complexity index is 1320. The van der Waals surface area contributed by atoms with Gasteiger partial charge in [0, 0.05) is 43.2 Å². The van der Waals surface area contributed by atoms with Gasteiger partial charge in [0.05, 0.1) is 7.41 Å². The van der Waals surface area contributed by atoms with Crippen LogP contribution in [0.5, 0.6) is 0 Å². The van der Waals surface area contributed by atoms with Crippen molar-refractivity contribution >= 4 is 41.0 Å². The Hall–Kier alpha value is -4.29. The van der Waals surface area contributed by atoms with Gasteiger partial charge in [0.2, 0.25) is 5.95 Å². The number of aromatic nitrogens is 2. The van der Waals surface area contributed by atoms with E-state index in [0.29, 0.717) is 30.3 Å². The predicted molar refractivity (Wildman–Crippen MR) is 121 cm³/mol. The van der Waals surface area contributed by atoms with Crippen molar-refractivity contribution in [2.75, 3.05) is 41.4 Å². The van der Waals surface area contributed by atoms with Crippen LogP contribution >= 0.6 is 0 Å². The van der Waals surface area contributed by atoms with Gasteiger partial charge in [0.15, 0.2) is 5.82 Å². The van der Waals surface area contributed by atoms with Gasteiger partial charge in [-0.3, -0.25) is 19.4 Å². The molecule has 3 rings (SSSR count). The first-order chi connectivity index (χ1) is 17.5. The van der Waals surface area contributed by atoms with Gasteiger partial charge in [-0.2, -0.15) is 4.98 Å². The molecule has 1 aromatic carbocycles. The van der Waals surface area contributed by atoms with Crippen LogP contribution in [0, 0.1) is 0 Å². The number of nitrogens with zero attached hydrogens (tertiary/aromatic N) is 2. The van der Waals surface area contributed by atoms with E-state index in [1.165, 1.54) is 24.3 Å². The Labute approximate surface area is 195 Å². The van der Waals surface area contributed by atoms with E-state index in [9.17, 15) is 24.3 Å². The molecule has 0 aliphatic carbocycles. The zero-order valence-electron chi connectivity index (χ0n) is 22.3. The summed E-state index contributed by atoms with van der Waals surface area (Å²) in [6, 6.07) is 1.53. The van der Waals surface area contributed by atoms with Crippen molar-refractivity contribution in [3.8, 4) is 0 Å². The SMILES string of the molecule is [2H]C([2H])(C(=O)O)C([2H])([2H])[C@]([2H])(NC(=O)c1ccc(NCC2CNc3nc(N)[nH]c(=O)c3N2C)cc1)C(=O)O. The Morgan fingerprint density at radius 1 is 1.36 bits per heavy atom. The molecule has 33 heavy (non-hydrogen) atoms. The number of nitrogens with one attached hydrogen (secondary N) is 4. The average Bonchev–Trinajstić information content (AvgIpc) is 2.82. The second-order valence-corrected chi connectivity index (χ2v) is 6.94. The number of hydrogen-bond donors (Lipinski definition) is 7. The number of hydrogen-bond acceptors (Lipinski definition) is 9. The third-order valence-electron chi connectivity index (χ3n) is 4.75. The number of aliphatic carboxylic acids is 2. The maximum atomic E-state index is 12.6. The van der Waals surface area contributed by atoms with Crippen LogP contribution in [0.2, 0.25) is 0 Å². The highest BCUT2D eigenvalue weighted by atomic mass is 16.4. The van der Waals surface area contributed by atoms with Crippen molar-refractivity contribution in [1.82, 2.24) is 15.3 Å². The monoisotopic (exact) mass is 464 g/mol. The van der Waals surface area contributed by atoms with Crippen LogP contribution in [0.1, 0.15) is 30.0 Å². The first-order valence-electron chi connectivity index (χ1n) is 12.0. The summed E-state index contributed by atoms with van der Waals surface area (Å²) in [4.78, 5) is 56.0. The maximum absolute atomic E-state index is 12.6. The molecule has 0 saturated carbocycles. The molecule has 2 atom stereocenters. The number of rotatable bonds is 9. The highest BCUT2D eigenvalue weighted by Crippen LogP contribution is 2.25. The third kappa shape index (κ3) is 5.70. The van der Waals surface area contributed by atoms with Crippen LogP contribution in [0.4, 0.5) is 23.1 Å². The number of nitrogen functional groups attached to an aromatic ring is 1. The Kier molecular flexibility index (Phi) is 5.18. The highest BCUT2D eigenvalue weighted by molar-refractivity contribution is 5.96. The van der Waals surface area contributed by atoms with E-state index in [0.717, 1.165) is 0 Å². The second-order valence-electron chi connectivity index (χ2n) is 6.94. The second kappa shape index (κ2) is 9.89. The number of aromatic amines is 1. The largest absolute Gasteiger partial charge is 0.481 e. The number of nitrogens with two attached hydrogens (primary N) is 1. The zero-order valence-corrected chi connectivity index (χ0v) is 17.3. The quantitative estimate of drug-likeness (QED) is 0.258. The van der Waals surface area contributed by atoms with E-state index in [1.807, 2.05) is 0 Å². The lowest BCUT2D eigenvalue weighted by molar-refractivity contribution is -0.140. The first kappa shape index (κ1) is 17.3. The van der Waals surface area contributed by atoms with Crippen molar-refractivity contribution in [3.05, 3.63) is 40.2 Å². The number of fused-ring (bicyclic) bond motifs is 1. The van der Waals surface area contributed by atoms with Crippen molar-refractivity contribution < 1.29 is 31.5 Å². The number of carboxylic acid groups (broad SMARTS) is 2. The van der Waals surface area contributed by atoms with Gasteiger partial charge in [-0.05, 0) is 30.6 Å². The van der Waals surface area contributed by atoms with Gasteiger partial charge in [0.1, 0.15) is 11.7 Å². The van der Waals surface area contributed by atoms with E-state index in [2.05, 4.69) is 20.6 Å². The molecule has 1 aromatic heterocycles. The number of carboxylic acids is 2. The maximum Gasteiger partial charge on any atom is 0.326 e. The van der Waals surface area contributed by atoms with Crippen molar-refractivity contribution in [2.24, 2.45) is 0 Å². The highest BCUT2D eigenvalue weighted by Gasteiger charge is 2.27. The number of H-pyrrole nitrogens is 1. The molecule has 13 nitrogen and oxygen atoms in total. The molecule has 1 amide bonds. The summed E-state index contributed by atoms with van der Waals surface area (Å²) in [6.07, 6.45) is -7.68. The van der Waals surface area contributed by atoms with Gasteiger partial charge in [-0.15, -0.1) is 0 Å². The number of carbonyl (C=O) groups is 3. The Morgan fingerprint density at radius 2 is 2.06 bits per heavy atom. The van der Waals surface area contributed by atoms with Crippen LogP contribution < -0.4 is 32.1 Å². The third-order valence-corrected chi connectivity index (χ3v) is 4.75. The number of amides is 1. The standard InChI is InChI=1S/C20H25N7O6/c1-27-12(9-23-16-15(27)18(31)26-20(21)25-16)8-22-11-4-2-10(3-5-11)17(30)24-13(19(32)33)6-7-14(28)29/h2-5,12-13,22H,6-9H2,1H3,(H,24,30)(H,28,29)(H,32,33)(H4,21,23,25,26,31)/t12?,13-/m0/s1/i6D2,7D2,13D. The van der Waals surface area contributed by atoms with Crippen LogP contribution in [-0.4, -0.2) is 70.2 Å². The number of likely N-dealkylation sites (N-methyl/N-ethyl adjacent to an activating group) is 1. The van der Waals surface area contributed by atoms with Crippen molar-refractivity contribution in [2.45, 2.75) is 24.8 Å². The minimum atomic E-state index is -3.86. The summed E-state index contributed by atoms with van der Waals surface area (Å²) in [5, 5.41) is 26.2. The average molecular weight is 464 g/mol. The molecule has 0 fully saturated rings. The van der Waals surface area contributed by atoms with Crippen LogP contribution in [0.3, 0.4) is 0 Å². The summed E-state index contributed by atoms with van der Waals surface area (Å²) in [5.74, 6) is -5.52. The lowest BCUT2D eigenvalue weighted by Crippen LogP contribution is -2.48. The molecular formula is C20H25N7O6. The van der Waals surface area contributed by atoms with Crippen molar-refractivity contribution in [3.63, 3.8) is 0 Å². The molecule has 0 saturated heterocycles. The zero-order chi connectivity index (χ0) is 28.6. The minimum absolute atomic E-state index is 0.0156. The van der Waals surface area contributed by atoms with Crippen LogP contribution in [0.15, 0.2) is 29.1 Å². The van der Waals surface area contributed by atoms with E-state index in [-0.39, 0.29) is 17.6 Å². The van der Waals surface area contributed by atoms with Gasteiger partial charge < -0.3 is 36.8 Å². The molecule has 8 N–H and O–H groups in total. The number of carbonyl (C=O) groups excluding carboxylic acids is 1. The van der Waals surface area contributed by atoms with Gasteiger partial charge >= 0.3 is 11.9 Å². The van der Waals surface area contributed by atoms with E-state index in [1.54, 1.807) is 17.3 Å². The van der Waals surface area contributed by atoms with E-state index < -0.39 is 42.2 Å². The fourth-order valence-electron chi connectivity index (χ4n) is 3.09. The normalized spacial score (nSPS) is 19.7. The van der Waals surface area contributed by atoms with Gasteiger partial charge in [-0.25, -0.2) is 4.79 Å². The number of benzene rings is 1. The molecule has 2 aromatic rings. The number of anilines is 4. The lowest BCUT2D eigenvalue weighted by atomic mass is 10.1. The molecule has 0 radical (unpaired) electrons. The molecule has 0 spiro atoms. The summed E-state index contributed by atoms with van der Waals surface area (Å²) in [7, 11) is 1.72. The molecule has 1 unspecified atom stereocenters. The molecule has 176 valence electrons. The summed E-state index contributed by atoms with van der Waals surface area (Å²) in [5.41, 5.74) is 5.81. The van der Waals surface area contributed by atoms with Crippen molar-refractivity contribution in [1.29, 1.82) is 0 Å². The molecule has 0 bridgehead atoms. The van der Waals surface area contributed by atoms with Crippen LogP contribution in [-0.2, 0) is 9.59 Å². The van der Waals surface area contributed by atoms with Gasteiger partial charge in [0.25, 0.3) is 11.5 Å². The molecule has 1 aliphatic heterocycles. The molecule has 1 aliphatic rings. The Morgan fingerprint density at radius 3 is 2.70 bits per heavy atom. The van der Waals surface area contributed by atoms with Gasteiger partial charge in [-0.1, -0.05) is 0 Å². The first-order valence-corrected chi connectivity index (χ1v) is 9.52. The minimum Gasteiger partial charge on any atom is -0.481 e. The van der Waals surface area contributed by atoms with E-state index in [4.69, 9.17) is 17.7 Å². The molecule has 13 heteroatoms. The Balaban J connectivity index is 1.71.